The maximum absolute atomic E-state index is 11.3. The van der Waals surface area contributed by atoms with Crippen LogP contribution in [-0.2, 0) is 0 Å². The summed E-state index contributed by atoms with van der Waals surface area (Å²) in [6.07, 6.45) is 1.11. The van der Waals surface area contributed by atoms with E-state index in [-0.39, 0.29) is 12.4 Å². The van der Waals surface area contributed by atoms with Gasteiger partial charge in [0.05, 0.1) is 17.3 Å². The number of carbonyl (C=O) groups excluding carboxylic acids is 1. The SMILES string of the molecule is CC(=O)c1ccc(-c2csc(C3CCN(CCO)C3)n2)cc1. The standard InChI is InChI=1S/C17H20N2O2S/c1-12(21)13-2-4-14(5-3-13)16-11-22-17(18-16)15-6-7-19(10-15)8-9-20/h2-5,11,15,20H,6-10H2,1H3. The Morgan fingerprint density at radius 3 is 2.86 bits per heavy atom. The van der Waals surface area contributed by atoms with Gasteiger partial charge in [-0.05, 0) is 19.9 Å². The maximum atomic E-state index is 11.3. The smallest absolute Gasteiger partial charge is 0.159 e. The monoisotopic (exact) mass is 316 g/mol. The van der Waals surface area contributed by atoms with Crippen molar-refractivity contribution in [1.82, 2.24) is 9.88 Å². The topological polar surface area (TPSA) is 53.4 Å². The summed E-state index contributed by atoms with van der Waals surface area (Å²) in [4.78, 5) is 18.4. The number of nitrogens with zero attached hydrogens (tertiary/aromatic N) is 2. The predicted molar refractivity (Wildman–Crippen MR) is 88.4 cm³/mol. The minimum atomic E-state index is 0.0837. The number of benzene rings is 1. The van der Waals surface area contributed by atoms with E-state index in [4.69, 9.17) is 10.1 Å². The van der Waals surface area contributed by atoms with Gasteiger partial charge in [0.2, 0.25) is 0 Å². The van der Waals surface area contributed by atoms with Crippen LogP contribution in [0.5, 0.6) is 0 Å². The molecule has 0 spiro atoms. The van der Waals surface area contributed by atoms with Gasteiger partial charge in [0.25, 0.3) is 0 Å². The molecule has 2 aromatic rings. The van der Waals surface area contributed by atoms with Crippen LogP contribution < -0.4 is 0 Å². The molecule has 1 aromatic carbocycles. The summed E-state index contributed by atoms with van der Waals surface area (Å²) < 4.78 is 0. The maximum Gasteiger partial charge on any atom is 0.159 e. The van der Waals surface area contributed by atoms with Crippen LogP contribution in [0, 0.1) is 0 Å². The molecule has 0 radical (unpaired) electrons. The number of thiazole rings is 1. The molecule has 1 aliphatic rings. The zero-order valence-corrected chi connectivity index (χ0v) is 13.5. The Kier molecular flexibility index (Phi) is 4.66. The Hall–Kier alpha value is -1.56. The lowest BCUT2D eigenvalue weighted by atomic mass is 10.1. The highest BCUT2D eigenvalue weighted by atomic mass is 32.1. The fraction of sp³-hybridized carbons (Fsp3) is 0.412. The first kappa shape index (κ1) is 15.3. The summed E-state index contributed by atoms with van der Waals surface area (Å²) >= 11 is 1.71. The minimum Gasteiger partial charge on any atom is -0.395 e. The number of likely N-dealkylation sites (tertiary alicyclic amines) is 1. The highest BCUT2D eigenvalue weighted by molar-refractivity contribution is 7.10. The van der Waals surface area contributed by atoms with Gasteiger partial charge in [0.1, 0.15) is 0 Å². The Balaban J connectivity index is 1.72. The molecule has 0 amide bonds. The summed E-state index contributed by atoms with van der Waals surface area (Å²) in [5.74, 6) is 0.558. The molecule has 3 rings (SSSR count). The van der Waals surface area contributed by atoms with Crippen LogP contribution in [0.2, 0.25) is 0 Å². The molecule has 1 N–H and O–H groups in total. The number of aliphatic hydroxyl groups is 1. The third-order valence-electron chi connectivity index (χ3n) is 4.15. The second-order valence-electron chi connectivity index (χ2n) is 5.71. The summed E-state index contributed by atoms with van der Waals surface area (Å²) in [5, 5.41) is 12.3. The number of hydrogen-bond acceptors (Lipinski definition) is 5. The van der Waals surface area contributed by atoms with Crippen LogP contribution in [0.3, 0.4) is 0 Å². The van der Waals surface area contributed by atoms with Gasteiger partial charge < -0.3 is 10.0 Å². The van der Waals surface area contributed by atoms with Crippen molar-refractivity contribution in [2.45, 2.75) is 19.3 Å². The van der Waals surface area contributed by atoms with Crippen molar-refractivity contribution < 1.29 is 9.90 Å². The number of carbonyl (C=O) groups is 1. The average Bonchev–Trinajstić information content (AvgIpc) is 3.16. The van der Waals surface area contributed by atoms with Crippen molar-refractivity contribution in [3.8, 4) is 11.3 Å². The van der Waals surface area contributed by atoms with Gasteiger partial charge in [0, 0.05) is 35.5 Å². The first-order valence-corrected chi connectivity index (χ1v) is 8.45. The molecule has 0 aliphatic carbocycles. The second-order valence-corrected chi connectivity index (χ2v) is 6.60. The number of β-amino-alcohol motifs (C(OH)–C–C–N with tert-alkyl or cyclic N) is 1. The first-order valence-electron chi connectivity index (χ1n) is 7.57. The Labute approximate surface area is 134 Å². The number of hydrogen-bond donors (Lipinski definition) is 1. The van der Waals surface area contributed by atoms with Gasteiger partial charge in [-0.25, -0.2) is 4.98 Å². The van der Waals surface area contributed by atoms with Gasteiger partial charge in [0.15, 0.2) is 5.78 Å². The molecule has 1 aromatic heterocycles. The summed E-state index contributed by atoms with van der Waals surface area (Å²) in [6, 6.07) is 7.63. The van der Waals surface area contributed by atoms with Crippen LogP contribution in [0.15, 0.2) is 29.6 Å². The highest BCUT2D eigenvalue weighted by Crippen LogP contribution is 2.32. The van der Waals surface area contributed by atoms with E-state index in [2.05, 4.69) is 10.3 Å². The van der Waals surface area contributed by atoms with Crippen molar-refractivity contribution >= 4 is 17.1 Å². The molecule has 2 heterocycles. The first-order chi connectivity index (χ1) is 10.7. The Morgan fingerprint density at radius 2 is 2.18 bits per heavy atom. The lowest BCUT2D eigenvalue weighted by Gasteiger charge is -2.12. The predicted octanol–water partition coefficient (Wildman–Crippen LogP) is 2.79. The van der Waals surface area contributed by atoms with E-state index in [1.54, 1.807) is 18.3 Å². The van der Waals surface area contributed by atoms with Crippen LogP contribution in [0.1, 0.15) is 34.6 Å². The lowest BCUT2D eigenvalue weighted by molar-refractivity contribution is 0.101. The molecular formula is C17H20N2O2S. The fourth-order valence-corrected chi connectivity index (χ4v) is 3.82. The van der Waals surface area contributed by atoms with Gasteiger partial charge in [-0.1, -0.05) is 24.3 Å². The zero-order valence-electron chi connectivity index (χ0n) is 12.7. The Morgan fingerprint density at radius 1 is 1.41 bits per heavy atom. The van der Waals surface area contributed by atoms with Gasteiger partial charge in [-0.3, -0.25) is 4.79 Å². The van der Waals surface area contributed by atoms with Crippen LogP contribution >= 0.6 is 11.3 Å². The largest absolute Gasteiger partial charge is 0.395 e. The van der Waals surface area contributed by atoms with E-state index in [9.17, 15) is 4.79 Å². The molecular weight excluding hydrogens is 296 g/mol. The van der Waals surface area contributed by atoms with Crippen LogP contribution in [0.25, 0.3) is 11.3 Å². The van der Waals surface area contributed by atoms with E-state index < -0.39 is 0 Å². The third-order valence-corrected chi connectivity index (χ3v) is 5.15. The second kappa shape index (κ2) is 6.69. The molecule has 4 nitrogen and oxygen atoms in total. The number of rotatable bonds is 5. The molecule has 1 saturated heterocycles. The highest BCUT2D eigenvalue weighted by Gasteiger charge is 2.25. The van der Waals surface area contributed by atoms with Crippen molar-refractivity contribution in [2.24, 2.45) is 0 Å². The van der Waals surface area contributed by atoms with Crippen molar-refractivity contribution in [3.05, 3.63) is 40.2 Å². The van der Waals surface area contributed by atoms with Crippen molar-refractivity contribution in [2.75, 3.05) is 26.2 Å². The Bertz CT molecular complexity index is 651. The fourth-order valence-electron chi connectivity index (χ4n) is 2.86. The van der Waals surface area contributed by atoms with Crippen molar-refractivity contribution in [1.29, 1.82) is 0 Å². The lowest BCUT2D eigenvalue weighted by Crippen LogP contribution is -2.23. The number of ketones is 1. The third kappa shape index (κ3) is 3.27. The van der Waals surface area contributed by atoms with Gasteiger partial charge in [-0.15, -0.1) is 11.3 Å². The van der Waals surface area contributed by atoms with E-state index in [0.717, 1.165) is 42.9 Å². The molecule has 1 unspecified atom stereocenters. The van der Waals surface area contributed by atoms with E-state index in [0.29, 0.717) is 5.92 Å². The number of aromatic nitrogens is 1. The van der Waals surface area contributed by atoms with Gasteiger partial charge >= 0.3 is 0 Å². The summed E-state index contributed by atoms with van der Waals surface area (Å²) in [6.45, 7) is 4.57. The molecule has 5 heteroatoms. The summed E-state index contributed by atoms with van der Waals surface area (Å²) in [7, 11) is 0. The quantitative estimate of drug-likeness (QED) is 0.862. The normalized spacial score (nSPS) is 18.7. The average molecular weight is 316 g/mol. The molecule has 0 saturated carbocycles. The molecule has 1 aliphatic heterocycles. The molecule has 22 heavy (non-hydrogen) atoms. The number of aliphatic hydroxyl groups excluding tert-OH is 1. The molecule has 1 fully saturated rings. The molecule has 116 valence electrons. The van der Waals surface area contributed by atoms with Crippen molar-refractivity contribution in [3.63, 3.8) is 0 Å². The van der Waals surface area contributed by atoms with Crippen LogP contribution in [-0.4, -0.2) is 47.0 Å². The minimum absolute atomic E-state index is 0.0837. The summed E-state index contributed by atoms with van der Waals surface area (Å²) in [5.41, 5.74) is 2.77. The number of Topliss-reactive ketones (excluding diaryl/α,β-unsaturated/α-hetero) is 1. The zero-order chi connectivity index (χ0) is 15.5. The van der Waals surface area contributed by atoms with E-state index in [1.807, 2.05) is 24.3 Å². The molecule has 1 atom stereocenters. The van der Waals surface area contributed by atoms with E-state index >= 15 is 0 Å². The van der Waals surface area contributed by atoms with Gasteiger partial charge in [-0.2, -0.15) is 0 Å². The molecule has 0 bridgehead atoms. The van der Waals surface area contributed by atoms with E-state index in [1.165, 1.54) is 5.01 Å². The van der Waals surface area contributed by atoms with Crippen LogP contribution in [0.4, 0.5) is 0 Å².